The average Bonchev–Trinajstić information content (AvgIpc) is 3.13. The molecule has 1 aromatic heterocycles. The zero-order valence-corrected chi connectivity index (χ0v) is 12.2. The standard InChI is InChI=1S/C14H19N5O2/c1-18-11(9-20)5-8-13(18)14-15-16-17-19(14)10-3-6-12(21-2)7-4-10/h3-4,6-7,11,13,20H,5,8-9H2,1-2H3/t11-,13-/m0/s1. The zero-order chi connectivity index (χ0) is 14.8. The van der Waals surface area contributed by atoms with Crippen LogP contribution in [0.5, 0.6) is 5.75 Å². The van der Waals surface area contributed by atoms with Crippen molar-refractivity contribution in [1.82, 2.24) is 25.1 Å². The van der Waals surface area contributed by atoms with E-state index in [0.717, 1.165) is 30.1 Å². The summed E-state index contributed by atoms with van der Waals surface area (Å²) >= 11 is 0. The third kappa shape index (κ3) is 2.50. The van der Waals surface area contributed by atoms with Gasteiger partial charge in [0, 0.05) is 6.04 Å². The number of aliphatic hydroxyl groups is 1. The van der Waals surface area contributed by atoms with Gasteiger partial charge in [0.15, 0.2) is 5.82 Å². The van der Waals surface area contributed by atoms with Gasteiger partial charge in [-0.15, -0.1) is 5.10 Å². The van der Waals surface area contributed by atoms with Gasteiger partial charge in [0.05, 0.1) is 25.4 Å². The fourth-order valence-corrected chi connectivity index (χ4v) is 2.85. The summed E-state index contributed by atoms with van der Waals surface area (Å²) in [6.45, 7) is 0.164. The lowest BCUT2D eigenvalue weighted by atomic mass is 10.2. The van der Waals surface area contributed by atoms with Crippen LogP contribution in [0.2, 0.25) is 0 Å². The fourth-order valence-electron chi connectivity index (χ4n) is 2.85. The number of tetrazole rings is 1. The Balaban J connectivity index is 1.90. The fraction of sp³-hybridized carbons (Fsp3) is 0.500. The van der Waals surface area contributed by atoms with Gasteiger partial charge in [0.2, 0.25) is 0 Å². The first-order chi connectivity index (χ1) is 10.2. The molecule has 112 valence electrons. The maximum Gasteiger partial charge on any atom is 0.173 e. The molecule has 0 radical (unpaired) electrons. The molecular weight excluding hydrogens is 270 g/mol. The van der Waals surface area contributed by atoms with Crippen LogP contribution in [0.15, 0.2) is 24.3 Å². The van der Waals surface area contributed by atoms with Crippen LogP contribution < -0.4 is 4.74 Å². The van der Waals surface area contributed by atoms with Crippen molar-refractivity contribution in [2.45, 2.75) is 24.9 Å². The summed E-state index contributed by atoms with van der Waals surface area (Å²) in [7, 11) is 3.64. The molecule has 7 nitrogen and oxygen atoms in total. The topological polar surface area (TPSA) is 76.3 Å². The van der Waals surface area contributed by atoms with E-state index in [4.69, 9.17) is 4.74 Å². The smallest absolute Gasteiger partial charge is 0.173 e. The highest BCUT2D eigenvalue weighted by Gasteiger charge is 2.34. The number of hydrogen-bond acceptors (Lipinski definition) is 6. The monoisotopic (exact) mass is 289 g/mol. The van der Waals surface area contributed by atoms with Crippen molar-refractivity contribution < 1.29 is 9.84 Å². The number of aliphatic hydroxyl groups excluding tert-OH is 1. The van der Waals surface area contributed by atoms with Crippen molar-refractivity contribution in [2.75, 3.05) is 20.8 Å². The summed E-state index contributed by atoms with van der Waals surface area (Å²) in [6, 6.07) is 7.93. The van der Waals surface area contributed by atoms with E-state index in [1.54, 1.807) is 11.8 Å². The molecule has 2 atom stereocenters. The second-order valence-corrected chi connectivity index (χ2v) is 5.24. The number of nitrogens with zero attached hydrogens (tertiary/aromatic N) is 5. The molecule has 0 aliphatic carbocycles. The summed E-state index contributed by atoms with van der Waals surface area (Å²) in [5.74, 6) is 1.60. The van der Waals surface area contributed by atoms with E-state index in [0.29, 0.717) is 0 Å². The first-order valence-electron chi connectivity index (χ1n) is 7.00. The Morgan fingerprint density at radius 1 is 1.29 bits per heavy atom. The maximum atomic E-state index is 9.38. The highest BCUT2D eigenvalue weighted by atomic mass is 16.5. The van der Waals surface area contributed by atoms with E-state index in [-0.39, 0.29) is 18.7 Å². The molecule has 0 saturated carbocycles. The largest absolute Gasteiger partial charge is 0.497 e. The van der Waals surface area contributed by atoms with Crippen LogP contribution in [0.25, 0.3) is 5.69 Å². The third-order valence-corrected chi connectivity index (χ3v) is 4.16. The number of benzene rings is 1. The number of methoxy groups -OCH3 is 1. The van der Waals surface area contributed by atoms with Gasteiger partial charge in [-0.05, 0) is 54.6 Å². The predicted molar refractivity (Wildman–Crippen MR) is 76.3 cm³/mol. The summed E-state index contributed by atoms with van der Waals surface area (Å²) in [6.07, 6.45) is 1.89. The molecule has 0 bridgehead atoms. The minimum Gasteiger partial charge on any atom is -0.497 e. The number of likely N-dealkylation sites (tertiary alicyclic amines) is 1. The van der Waals surface area contributed by atoms with Crippen molar-refractivity contribution in [3.05, 3.63) is 30.1 Å². The van der Waals surface area contributed by atoms with E-state index < -0.39 is 0 Å². The summed E-state index contributed by atoms with van der Waals surface area (Å²) in [5, 5.41) is 21.5. The first kappa shape index (κ1) is 14.0. The molecule has 2 aromatic rings. The van der Waals surface area contributed by atoms with Gasteiger partial charge in [0.25, 0.3) is 0 Å². The minimum atomic E-state index is 0.124. The molecule has 1 N–H and O–H groups in total. The lowest BCUT2D eigenvalue weighted by Crippen LogP contribution is -2.31. The number of hydrogen-bond donors (Lipinski definition) is 1. The molecule has 2 heterocycles. The quantitative estimate of drug-likeness (QED) is 0.897. The summed E-state index contributed by atoms with van der Waals surface area (Å²) < 4.78 is 6.92. The average molecular weight is 289 g/mol. The van der Waals surface area contributed by atoms with Crippen LogP contribution >= 0.6 is 0 Å². The molecule has 21 heavy (non-hydrogen) atoms. The van der Waals surface area contributed by atoms with Crippen LogP contribution in [0.3, 0.4) is 0 Å². The second-order valence-electron chi connectivity index (χ2n) is 5.24. The van der Waals surface area contributed by atoms with Crippen molar-refractivity contribution in [1.29, 1.82) is 0 Å². The Bertz CT molecular complexity index is 598. The van der Waals surface area contributed by atoms with Crippen LogP contribution in [0, 0.1) is 0 Å². The normalized spacial score (nSPS) is 22.6. The SMILES string of the molecule is COc1ccc(-n2nnnc2[C@@H]2CC[C@@H](CO)N2C)cc1. The number of aromatic nitrogens is 4. The molecule has 1 aliphatic rings. The Kier molecular flexibility index (Phi) is 3.85. The Hall–Kier alpha value is -1.99. The van der Waals surface area contributed by atoms with Gasteiger partial charge in [-0.25, -0.2) is 0 Å². The van der Waals surface area contributed by atoms with Gasteiger partial charge < -0.3 is 9.84 Å². The Labute approximate surface area is 123 Å². The molecule has 1 saturated heterocycles. The van der Waals surface area contributed by atoms with Crippen molar-refractivity contribution in [2.24, 2.45) is 0 Å². The Morgan fingerprint density at radius 2 is 2.05 bits per heavy atom. The predicted octanol–water partition coefficient (Wildman–Crippen LogP) is 0.798. The van der Waals surface area contributed by atoms with Crippen molar-refractivity contribution in [3.63, 3.8) is 0 Å². The van der Waals surface area contributed by atoms with E-state index in [2.05, 4.69) is 20.4 Å². The van der Waals surface area contributed by atoms with E-state index in [1.807, 2.05) is 31.3 Å². The molecule has 0 amide bonds. The van der Waals surface area contributed by atoms with Gasteiger partial charge in [-0.1, -0.05) is 0 Å². The molecule has 1 aromatic carbocycles. The zero-order valence-electron chi connectivity index (χ0n) is 12.2. The number of rotatable bonds is 4. The second kappa shape index (κ2) is 5.79. The number of ether oxygens (including phenoxy) is 1. The molecule has 7 heteroatoms. The van der Waals surface area contributed by atoms with Crippen LogP contribution in [-0.2, 0) is 0 Å². The molecule has 0 unspecified atom stereocenters. The van der Waals surface area contributed by atoms with E-state index >= 15 is 0 Å². The van der Waals surface area contributed by atoms with Crippen LogP contribution in [0.4, 0.5) is 0 Å². The van der Waals surface area contributed by atoms with Crippen LogP contribution in [-0.4, -0.2) is 57.0 Å². The van der Waals surface area contributed by atoms with E-state index in [9.17, 15) is 5.11 Å². The third-order valence-electron chi connectivity index (χ3n) is 4.16. The first-order valence-corrected chi connectivity index (χ1v) is 7.00. The number of likely N-dealkylation sites (N-methyl/N-ethyl adjacent to an activating group) is 1. The van der Waals surface area contributed by atoms with Crippen molar-refractivity contribution in [3.8, 4) is 11.4 Å². The van der Waals surface area contributed by atoms with Gasteiger partial charge in [0.1, 0.15) is 5.75 Å². The van der Waals surface area contributed by atoms with Gasteiger partial charge in [-0.2, -0.15) is 4.68 Å². The highest BCUT2D eigenvalue weighted by Crippen LogP contribution is 2.33. The van der Waals surface area contributed by atoms with Crippen LogP contribution in [0.1, 0.15) is 24.7 Å². The lowest BCUT2D eigenvalue weighted by Gasteiger charge is -2.23. The molecule has 1 aliphatic heterocycles. The highest BCUT2D eigenvalue weighted by molar-refractivity contribution is 5.37. The van der Waals surface area contributed by atoms with Crippen molar-refractivity contribution >= 4 is 0 Å². The molecule has 0 spiro atoms. The minimum absolute atomic E-state index is 0.124. The molecular formula is C14H19N5O2. The van der Waals surface area contributed by atoms with Gasteiger partial charge >= 0.3 is 0 Å². The molecule has 3 rings (SSSR count). The summed E-state index contributed by atoms with van der Waals surface area (Å²) in [5.41, 5.74) is 0.900. The summed E-state index contributed by atoms with van der Waals surface area (Å²) in [4.78, 5) is 2.14. The lowest BCUT2D eigenvalue weighted by molar-refractivity contribution is 0.152. The maximum absolute atomic E-state index is 9.38. The van der Waals surface area contributed by atoms with E-state index in [1.165, 1.54) is 0 Å². The van der Waals surface area contributed by atoms with Gasteiger partial charge in [-0.3, -0.25) is 4.90 Å². The Morgan fingerprint density at radius 3 is 2.67 bits per heavy atom. The molecule has 1 fully saturated rings.